The molecule has 130 valence electrons. The molecule has 1 saturated heterocycles. The highest BCUT2D eigenvalue weighted by Gasteiger charge is 2.29. The van der Waals surface area contributed by atoms with Gasteiger partial charge in [-0.1, -0.05) is 12.1 Å². The zero-order valence-electron chi connectivity index (χ0n) is 13.2. The minimum absolute atomic E-state index is 0.0337. The predicted octanol–water partition coefficient (Wildman–Crippen LogP) is 2.21. The van der Waals surface area contributed by atoms with Crippen molar-refractivity contribution < 1.29 is 18.8 Å². The van der Waals surface area contributed by atoms with Gasteiger partial charge in [0.2, 0.25) is 0 Å². The fourth-order valence-corrected chi connectivity index (χ4v) is 2.71. The first kappa shape index (κ1) is 16.7. The van der Waals surface area contributed by atoms with Crippen LogP contribution in [0.4, 0.5) is 10.1 Å². The van der Waals surface area contributed by atoms with Crippen LogP contribution in [0.25, 0.3) is 0 Å². The number of hydrogen-bond acceptors (Lipinski definition) is 6. The maximum atomic E-state index is 12.8. The number of aromatic nitrogens is 2. The molecule has 1 aromatic heterocycles. The fourth-order valence-electron chi connectivity index (χ4n) is 2.71. The molecular weight excluding hydrogens is 331 g/mol. The predicted molar refractivity (Wildman–Crippen MR) is 84.6 cm³/mol. The molecule has 1 aliphatic rings. The quantitative estimate of drug-likeness (QED) is 0.622. The summed E-state index contributed by atoms with van der Waals surface area (Å²) < 4.78 is 18.4. The summed E-state index contributed by atoms with van der Waals surface area (Å²) in [4.78, 5) is 32.2. The zero-order chi connectivity index (χ0) is 17.8. The molecule has 0 spiro atoms. The van der Waals surface area contributed by atoms with Crippen molar-refractivity contribution in [1.82, 2.24) is 14.9 Å². The molecule has 9 heteroatoms. The summed E-state index contributed by atoms with van der Waals surface area (Å²) in [6.07, 6.45) is 3.01. The van der Waals surface area contributed by atoms with Crippen molar-refractivity contribution in [2.45, 2.75) is 18.9 Å². The van der Waals surface area contributed by atoms with E-state index in [-0.39, 0.29) is 29.9 Å². The number of nitro groups is 1. The van der Waals surface area contributed by atoms with Crippen molar-refractivity contribution in [3.8, 4) is 6.01 Å². The van der Waals surface area contributed by atoms with Gasteiger partial charge in [0.1, 0.15) is 11.7 Å². The standard InChI is InChI=1S/C16H15FN4O4/c17-11-8-18-16(19-9-11)25-12-4-3-7-20(10-12)15(22)13-5-1-2-6-14(13)21(23)24/h1-2,5-6,8-9,12H,3-4,7,10H2. The molecule has 1 aromatic carbocycles. The Balaban J connectivity index is 1.72. The van der Waals surface area contributed by atoms with Crippen molar-refractivity contribution in [3.05, 3.63) is 58.2 Å². The maximum Gasteiger partial charge on any atom is 0.316 e. The minimum atomic E-state index is -0.572. The van der Waals surface area contributed by atoms with Crippen LogP contribution >= 0.6 is 0 Å². The third-order valence-electron chi connectivity index (χ3n) is 3.87. The number of benzene rings is 1. The Morgan fingerprint density at radius 1 is 1.32 bits per heavy atom. The summed E-state index contributed by atoms with van der Waals surface area (Å²) in [5, 5.41) is 11.1. The summed E-state index contributed by atoms with van der Waals surface area (Å²) in [6.45, 7) is 0.737. The van der Waals surface area contributed by atoms with Gasteiger partial charge in [0.25, 0.3) is 11.6 Å². The number of halogens is 1. The Morgan fingerprint density at radius 3 is 2.76 bits per heavy atom. The molecule has 0 bridgehead atoms. The molecule has 2 aromatic rings. The van der Waals surface area contributed by atoms with Gasteiger partial charge in [0, 0.05) is 12.6 Å². The number of amides is 1. The molecule has 1 fully saturated rings. The van der Waals surface area contributed by atoms with Crippen LogP contribution in [-0.4, -0.2) is 44.9 Å². The van der Waals surface area contributed by atoms with Gasteiger partial charge in [-0.15, -0.1) is 0 Å². The Hall–Kier alpha value is -3.10. The number of piperidine rings is 1. The number of carbonyl (C=O) groups is 1. The van der Waals surface area contributed by atoms with Crippen LogP contribution in [-0.2, 0) is 0 Å². The van der Waals surface area contributed by atoms with Crippen molar-refractivity contribution in [2.75, 3.05) is 13.1 Å². The lowest BCUT2D eigenvalue weighted by molar-refractivity contribution is -0.385. The Kier molecular flexibility index (Phi) is 4.82. The first-order valence-corrected chi connectivity index (χ1v) is 7.71. The van der Waals surface area contributed by atoms with E-state index in [1.165, 1.54) is 23.1 Å². The summed E-state index contributed by atoms with van der Waals surface area (Å²) in [5.41, 5.74) is -0.177. The first-order valence-electron chi connectivity index (χ1n) is 7.71. The number of ether oxygens (including phenoxy) is 1. The molecule has 0 N–H and O–H groups in total. The van der Waals surface area contributed by atoms with Gasteiger partial charge in [-0.2, -0.15) is 0 Å². The van der Waals surface area contributed by atoms with Crippen LogP contribution < -0.4 is 4.74 Å². The summed E-state index contributed by atoms with van der Waals surface area (Å²) in [7, 11) is 0. The van der Waals surface area contributed by atoms with Gasteiger partial charge >= 0.3 is 6.01 Å². The van der Waals surface area contributed by atoms with Crippen LogP contribution in [0.5, 0.6) is 6.01 Å². The number of carbonyl (C=O) groups excluding carboxylic acids is 1. The highest BCUT2D eigenvalue weighted by molar-refractivity contribution is 5.98. The van der Waals surface area contributed by atoms with E-state index in [1.54, 1.807) is 6.07 Å². The van der Waals surface area contributed by atoms with E-state index < -0.39 is 16.6 Å². The molecule has 1 amide bonds. The average Bonchev–Trinajstić information content (AvgIpc) is 2.63. The molecule has 1 atom stereocenters. The molecular formula is C16H15FN4O4. The summed E-state index contributed by atoms with van der Waals surface area (Å²) >= 11 is 0. The largest absolute Gasteiger partial charge is 0.458 e. The monoisotopic (exact) mass is 346 g/mol. The number of nitrogens with zero attached hydrogens (tertiary/aromatic N) is 4. The smallest absolute Gasteiger partial charge is 0.316 e. The second-order valence-electron chi connectivity index (χ2n) is 5.59. The van der Waals surface area contributed by atoms with Crippen LogP contribution in [0.2, 0.25) is 0 Å². The normalized spacial score (nSPS) is 17.2. The van der Waals surface area contributed by atoms with Crippen molar-refractivity contribution in [3.63, 3.8) is 0 Å². The summed E-state index contributed by atoms with van der Waals surface area (Å²) in [5.74, 6) is -0.982. The Morgan fingerprint density at radius 2 is 2.04 bits per heavy atom. The molecule has 0 aliphatic carbocycles. The molecule has 0 saturated carbocycles. The topological polar surface area (TPSA) is 98.5 Å². The molecule has 2 heterocycles. The number of nitro benzene ring substituents is 1. The van der Waals surface area contributed by atoms with Crippen LogP contribution in [0.15, 0.2) is 36.7 Å². The molecule has 1 aliphatic heterocycles. The lowest BCUT2D eigenvalue weighted by Crippen LogP contribution is -2.44. The highest BCUT2D eigenvalue weighted by atomic mass is 19.1. The van der Waals surface area contributed by atoms with E-state index >= 15 is 0 Å². The van der Waals surface area contributed by atoms with Crippen LogP contribution in [0, 0.1) is 15.9 Å². The molecule has 0 radical (unpaired) electrons. The average molecular weight is 346 g/mol. The Labute approximate surface area is 142 Å². The number of hydrogen-bond donors (Lipinski definition) is 0. The number of rotatable bonds is 4. The van der Waals surface area contributed by atoms with E-state index in [1.807, 2.05) is 0 Å². The molecule has 3 rings (SSSR count). The lowest BCUT2D eigenvalue weighted by atomic mass is 10.1. The molecule has 1 unspecified atom stereocenters. The minimum Gasteiger partial charge on any atom is -0.458 e. The number of para-hydroxylation sites is 1. The third kappa shape index (κ3) is 3.87. The molecule has 25 heavy (non-hydrogen) atoms. The van der Waals surface area contributed by atoms with Crippen molar-refractivity contribution in [2.24, 2.45) is 0 Å². The van der Waals surface area contributed by atoms with E-state index in [2.05, 4.69) is 9.97 Å². The first-order chi connectivity index (χ1) is 12.0. The maximum absolute atomic E-state index is 12.8. The van der Waals surface area contributed by atoms with Gasteiger partial charge in [-0.3, -0.25) is 14.9 Å². The SMILES string of the molecule is O=C(c1ccccc1[N+](=O)[O-])N1CCCC(Oc2ncc(F)cn2)C1. The van der Waals surface area contributed by atoms with Gasteiger partial charge in [-0.05, 0) is 18.9 Å². The second-order valence-corrected chi connectivity index (χ2v) is 5.59. The van der Waals surface area contributed by atoms with Gasteiger partial charge in [0.05, 0.1) is 23.9 Å². The van der Waals surface area contributed by atoms with E-state index in [4.69, 9.17) is 4.74 Å². The zero-order valence-corrected chi connectivity index (χ0v) is 13.2. The van der Waals surface area contributed by atoms with Crippen LogP contribution in [0.1, 0.15) is 23.2 Å². The van der Waals surface area contributed by atoms with Gasteiger partial charge in [0.15, 0.2) is 5.82 Å². The summed E-state index contributed by atoms with van der Waals surface area (Å²) in [6, 6.07) is 5.88. The third-order valence-corrected chi connectivity index (χ3v) is 3.87. The Bertz CT molecular complexity index is 784. The highest BCUT2D eigenvalue weighted by Crippen LogP contribution is 2.22. The van der Waals surface area contributed by atoms with Gasteiger partial charge < -0.3 is 9.64 Å². The van der Waals surface area contributed by atoms with E-state index in [0.717, 1.165) is 12.4 Å². The second kappa shape index (κ2) is 7.20. The van der Waals surface area contributed by atoms with Gasteiger partial charge in [-0.25, -0.2) is 14.4 Å². The van der Waals surface area contributed by atoms with Crippen molar-refractivity contribution >= 4 is 11.6 Å². The number of likely N-dealkylation sites (tertiary alicyclic amines) is 1. The fraction of sp³-hybridized carbons (Fsp3) is 0.312. The van der Waals surface area contributed by atoms with E-state index in [0.29, 0.717) is 19.4 Å². The van der Waals surface area contributed by atoms with E-state index in [9.17, 15) is 19.3 Å². The van der Waals surface area contributed by atoms with Crippen molar-refractivity contribution in [1.29, 1.82) is 0 Å². The van der Waals surface area contributed by atoms with Crippen LogP contribution in [0.3, 0.4) is 0 Å². The molecule has 8 nitrogen and oxygen atoms in total. The lowest BCUT2D eigenvalue weighted by Gasteiger charge is -2.32.